The zero-order chi connectivity index (χ0) is 34.5. The summed E-state index contributed by atoms with van der Waals surface area (Å²) < 4.78 is 32.9. The highest BCUT2D eigenvalue weighted by molar-refractivity contribution is 7.91. The van der Waals surface area contributed by atoms with Gasteiger partial charge in [-0.05, 0) is 63.0 Å². The monoisotopic (exact) mass is 671 g/mol. The summed E-state index contributed by atoms with van der Waals surface area (Å²) in [6, 6.07) is 6.23. The lowest BCUT2D eigenvalue weighted by Gasteiger charge is -2.36. The Morgan fingerprint density at radius 3 is 2.19 bits per heavy atom. The molecule has 3 fully saturated rings. The number of amides is 3. The van der Waals surface area contributed by atoms with Crippen molar-refractivity contribution in [2.75, 3.05) is 13.1 Å². The molecule has 2 aliphatic carbocycles. The molecule has 12 nitrogen and oxygen atoms in total. The van der Waals surface area contributed by atoms with E-state index >= 15 is 0 Å². The van der Waals surface area contributed by atoms with E-state index in [-0.39, 0.29) is 31.5 Å². The Morgan fingerprint density at radius 2 is 1.68 bits per heavy atom. The van der Waals surface area contributed by atoms with Crippen LogP contribution >= 0.6 is 0 Å². The van der Waals surface area contributed by atoms with Gasteiger partial charge in [-0.3, -0.25) is 34.1 Å². The fourth-order valence-corrected chi connectivity index (χ4v) is 8.06. The van der Waals surface area contributed by atoms with E-state index in [9.17, 15) is 27.6 Å². The quantitative estimate of drug-likeness (QED) is 0.237. The Balaban J connectivity index is 1.38. The lowest BCUT2D eigenvalue weighted by Crippen LogP contribution is -2.60. The molecule has 5 rings (SSSR count). The second-order valence-electron chi connectivity index (χ2n) is 15.5. The van der Waals surface area contributed by atoms with E-state index in [2.05, 4.69) is 39.0 Å². The van der Waals surface area contributed by atoms with E-state index < -0.39 is 67.6 Å². The molecule has 1 aromatic carbocycles. The van der Waals surface area contributed by atoms with Crippen molar-refractivity contribution in [3.63, 3.8) is 0 Å². The smallest absolute Gasteiger partial charge is 0.320 e. The first-order valence-electron chi connectivity index (χ1n) is 16.4. The van der Waals surface area contributed by atoms with Gasteiger partial charge in [-0.2, -0.15) is 0 Å². The Kier molecular flexibility index (Phi) is 9.41. The van der Waals surface area contributed by atoms with Gasteiger partial charge in [0.25, 0.3) is 5.91 Å². The van der Waals surface area contributed by atoms with Crippen LogP contribution in [0.4, 0.5) is 0 Å². The topological polar surface area (TPSA) is 154 Å². The molecule has 2 heterocycles. The number of esters is 1. The maximum atomic E-state index is 14.4. The van der Waals surface area contributed by atoms with E-state index in [1.807, 2.05) is 32.9 Å². The Morgan fingerprint density at radius 1 is 1.06 bits per heavy atom. The predicted octanol–water partition coefficient (Wildman–Crippen LogP) is 1.99. The summed E-state index contributed by atoms with van der Waals surface area (Å²) in [4.78, 5) is 58.4. The number of rotatable bonds is 11. The third-order valence-electron chi connectivity index (χ3n) is 9.48. The first kappa shape index (κ1) is 35.0. The van der Waals surface area contributed by atoms with Gasteiger partial charge in [0.2, 0.25) is 21.8 Å². The molecule has 1 aromatic rings. The highest BCUT2D eigenvalue weighted by Crippen LogP contribution is 2.45. The molecule has 0 radical (unpaired) electrons. The molecule has 1 saturated heterocycles. The minimum absolute atomic E-state index is 0.150. The highest BCUT2D eigenvalue weighted by atomic mass is 32.2. The number of likely N-dealkylation sites (tertiary alicyclic amines) is 1. The number of hydrogen-bond acceptors (Lipinski definition) is 9. The fourth-order valence-electron chi connectivity index (χ4n) is 6.70. The van der Waals surface area contributed by atoms with Crippen LogP contribution in [0.3, 0.4) is 0 Å². The van der Waals surface area contributed by atoms with Gasteiger partial charge in [0.1, 0.15) is 17.2 Å². The van der Waals surface area contributed by atoms with Crippen molar-refractivity contribution in [2.24, 2.45) is 11.3 Å². The molecule has 4 aliphatic rings. The third kappa shape index (κ3) is 7.73. The van der Waals surface area contributed by atoms with Gasteiger partial charge < -0.3 is 15.0 Å². The molecule has 13 heteroatoms. The van der Waals surface area contributed by atoms with E-state index in [4.69, 9.17) is 4.74 Å². The number of carbonyl (C=O) groups is 4. The van der Waals surface area contributed by atoms with Crippen molar-refractivity contribution >= 4 is 33.7 Å². The number of carbonyl (C=O) groups excluding carboxylic acids is 4. The molecule has 0 aromatic heterocycles. The molecule has 5 atom stereocenters. The highest BCUT2D eigenvalue weighted by Gasteiger charge is 2.62. The molecule has 0 unspecified atom stereocenters. The van der Waals surface area contributed by atoms with Crippen molar-refractivity contribution in [1.82, 2.24) is 25.2 Å². The van der Waals surface area contributed by atoms with Crippen molar-refractivity contribution in [3.8, 4) is 0 Å². The van der Waals surface area contributed by atoms with Gasteiger partial charge >= 0.3 is 5.97 Å². The van der Waals surface area contributed by atoms with Gasteiger partial charge in [-0.15, -0.1) is 6.58 Å². The van der Waals surface area contributed by atoms with Gasteiger partial charge in [-0.25, -0.2) is 8.42 Å². The summed E-state index contributed by atoms with van der Waals surface area (Å²) >= 11 is 0. The van der Waals surface area contributed by atoms with Gasteiger partial charge in [0.15, 0.2) is 0 Å². The van der Waals surface area contributed by atoms with Crippen molar-refractivity contribution in [3.05, 3.63) is 48.0 Å². The second-order valence-corrected chi connectivity index (χ2v) is 17.5. The maximum Gasteiger partial charge on any atom is 0.320 e. The molecule has 0 spiro atoms. The molecule has 3 N–H and O–H groups in total. The summed E-state index contributed by atoms with van der Waals surface area (Å²) in [6.07, 6.45) is 3.06. The van der Waals surface area contributed by atoms with E-state index in [1.165, 1.54) is 11.1 Å². The standard InChI is InChI=1S/C34H49N5O7S/c1-8-23-16-34(23,31(43)37-47(44,45)25-13-14-25)36-29(41)26-15-24(38-18-21-11-9-10-12-22(21)19-38)20-39(26)30(42)28(32(2,3)4)35-17-27(40)46-33(5,6)7/h8-12,23-26,28,35H,1,13-20H2,2-7H3,(H,36,41)(H,37,43)/t23-,24-,26+,28-,34-/m1/s1. The van der Waals surface area contributed by atoms with Crippen LogP contribution < -0.4 is 15.4 Å². The Labute approximate surface area is 278 Å². The summed E-state index contributed by atoms with van der Waals surface area (Å²) in [5.74, 6) is -2.60. The van der Waals surface area contributed by atoms with Gasteiger partial charge in [-0.1, -0.05) is 51.1 Å². The number of hydrogen-bond donors (Lipinski definition) is 3. The summed E-state index contributed by atoms with van der Waals surface area (Å²) in [5.41, 5.74) is -0.389. The molecule has 2 aliphatic heterocycles. The van der Waals surface area contributed by atoms with Crippen LogP contribution in [0.15, 0.2) is 36.9 Å². The lowest BCUT2D eigenvalue weighted by atomic mass is 9.85. The van der Waals surface area contributed by atoms with Crippen LogP contribution in [-0.2, 0) is 47.0 Å². The molecule has 258 valence electrons. The van der Waals surface area contributed by atoms with Crippen LogP contribution in [0.2, 0.25) is 0 Å². The SMILES string of the molecule is C=C[C@@H]1C[C@]1(NC(=O)[C@@H]1C[C@@H](N2Cc3ccccc3C2)CN1C(=O)[C@@H](NCC(=O)OC(C)(C)C)C(C)(C)C)C(=O)NS(=O)(=O)C1CC1. The van der Waals surface area contributed by atoms with E-state index in [0.717, 1.165) is 0 Å². The minimum atomic E-state index is -3.84. The molecular formula is C34H49N5O7S. The first-order chi connectivity index (χ1) is 21.8. The van der Waals surface area contributed by atoms with Crippen LogP contribution in [0.5, 0.6) is 0 Å². The van der Waals surface area contributed by atoms with Crippen molar-refractivity contribution in [2.45, 2.75) is 115 Å². The molecule has 47 heavy (non-hydrogen) atoms. The Hall–Kier alpha value is -3.29. The fraction of sp³-hybridized carbons (Fsp3) is 0.647. The normalized spacial score (nSPS) is 26.7. The number of sulfonamides is 1. The molecule has 0 bridgehead atoms. The maximum absolute atomic E-state index is 14.4. The number of benzene rings is 1. The predicted molar refractivity (Wildman–Crippen MR) is 176 cm³/mol. The minimum Gasteiger partial charge on any atom is -0.459 e. The molecule has 3 amide bonds. The third-order valence-corrected chi connectivity index (χ3v) is 11.3. The average molecular weight is 672 g/mol. The van der Waals surface area contributed by atoms with Gasteiger partial charge in [0.05, 0.1) is 17.8 Å². The largest absolute Gasteiger partial charge is 0.459 e. The number of ether oxygens (including phenoxy) is 1. The van der Waals surface area contributed by atoms with Crippen LogP contribution in [0.1, 0.15) is 78.4 Å². The van der Waals surface area contributed by atoms with E-state index in [1.54, 1.807) is 31.7 Å². The summed E-state index contributed by atoms with van der Waals surface area (Å²) in [6.45, 7) is 16.2. The van der Waals surface area contributed by atoms with Crippen LogP contribution in [0, 0.1) is 11.3 Å². The number of fused-ring (bicyclic) bond motifs is 1. The average Bonchev–Trinajstić information content (AvgIpc) is 3.84. The lowest BCUT2D eigenvalue weighted by molar-refractivity contribution is -0.154. The zero-order valence-electron chi connectivity index (χ0n) is 28.3. The van der Waals surface area contributed by atoms with Crippen molar-refractivity contribution in [1.29, 1.82) is 0 Å². The van der Waals surface area contributed by atoms with E-state index in [0.29, 0.717) is 32.4 Å². The molecule has 2 saturated carbocycles. The Bertz CT molecular complexity index is 1520. The number of nitrogens with zero attached hydrogens (tertiary/aromatic N) is 2. The molecular weight excluding hydrogens is 622 g/mol. The second kappa shape index (κ2) is 12.6. The zero-order valence-corrected chi connectivity index (χ0v) is 29.1. The van der Waals surface area contributed by atoms with Crippen LogP contribution in [0.25, 0.3) is 0 Å². The van der Waals surface area contributed by atoms with Gasteiger partial charge in [0, 0.05) is 31.6 Å². The van der Waals surface area contributed by atoms with Crippen LogP contribution in [-0.4, -0.2) is 89.5 Å². The van der Waals surface area contributed by atoms with Crippen molar-refractivity contribution < 1.29 is 32.3 Å². The summed E-state index contributed by atoms with van der Waals surface area (Å²) in [5, 5.41) is 5.36. The summed E-state index contributed by atoms with van der Waals surface area (Å²) in [7, 11) is -3.84. The first-order valence-corrected chi connectivity index (χ1v) is 18.0. The number of nitrogens with one attached hydrogen (secondary N) is 3.